The molecule has 98 valence electrons. The van der Waals surface area contributed by atoms with E-state index in [1.807, 2.05) is 30.3 Å². The maximum absolute atomic E-state index is 5.88. The normalized spacial score (nSPS) is 15.5. The number of tetrazole rings is 1. The maximum atomic E-state index is 5.88. The second-order valence-electron chi connectivity index (χ2n) is 4.48. The van der Waals surface area contributed by atoms with Gasteiger partial charge in [0.05, 0.1) is 5.69 Å². The van der Waals surface area contributed by atoms with E-state index >= 15 is 0 Å². The predicted octanol–water partition coefficient (Wildman–Crippen LogP) is 2.38. The van der Waals surface area contributed by atoms with Crippen molar-refractivity contribution in [2.24, 2.45) is 0 Å². The first-order chi connectivity index (χ1) is 9.33. The molecular weight excluding hydrogens is 262 g/mol. The van der Waals surface area contributed by atoms with E-state index < -0.39 is 0 Å². The van der Waals surface area contributed by atoms with E-state index in [0.717, 1.165) is 18.8 Å². The molecule has 3 rings (SSSR count). The van der Waals surface area contributed by atoms with Crippen molar-refractivity contribution in [3.8, 4) is 5.69 Å². The Labute approximate surface area is 116 Å². The summed E-state index contributed by atoms with van der Waals surface area (Å²) in [7, 11) is 0. The summed E-state index contributed by atoms with van der Waals surface area (Å²) in [6, 6.07) is 7.44. The number of benzene rings is 1. The number of hydrogen-bond donors (Lipinski definition) is 0. The Morgan fingerprint density at radius 3 is 2.58 bits per heavy atom. The maximum Gasteiger partial charge on any atom is 0.181 e. The molecule has 6 heteroatoms. The number of aromatic nitrogens is 4. The van der Waals surface area contributed by atoms with Gasteiger partial charge in [0.25, 0.3) is 0 Å². The standard InChI is InChI=1S/C13H14ClN5/c14-11-3-5-12(6-4-11)19-13(15-16-17-19)7-10-18-8-1-2-9-18/h3-7,10H,1-2,8-9H2. The van der Waals surface area contributed by atoms with E-state index in [0.29, 0.717) is 10.8 Å². The van der Waals surface area contributed by atoms with E-state index in [2.05, 4.69) is 26.6 Å². The summed E-state index contributed by atoms with van der Waals surface area (Å²) in [4.78, 5) is 2.28. The molecule has 5 nitrogen and oxygen atoms in total. The quantitative estimate of drug-likeness (QED) is 0.863. The van der Waals surface area contributed by atoms with Crippen LogP contribution in [0.4, 0.5) is 0 Å². The molecule has 2 heterocycles. The smallest absolute Gasteiger partial charge is 0.181 e. The minimum absolute atomic E-state index is 0.700. The summed E-state index contributed by atoms with van der Waals surface area (Å²) in [5, 5.41) is 12.5. The molecule has 0 unspecified atom stereocenters. The first kappa shape index (κ1) is 12.2. The highest BCUT2D eigenvalue weighted by Crippen LogP contribution is 2.14. The van der Waals surface area contributed by atoms with Crippen LogP contribution in [0.1, 0.15) is 18.7 Å². The van der Waals surface area contributed by atoms with Crippen LogP contribution in [-0.4, -0.2) is 38.2 Å². The summed E-state index contributed by atoms with van der Waals surface area (Å²) in [5.74, 6) is 0.717. The van der Waals surface area contributed by atoms with Gasteiger partial charge in [-0.05, 0) is 47.5 Å². The number of rotatable bonds is 3. The van der Waals surface area contributed by atoms with Crippen LogP contribution in [0.3, 0.4) is 0 Å². The van der Waals surface area contributed by atoms with E-state index in [1.54, 1.807) is 4.68 Å². The lowest BCUT2D eigenvalue weighted by atomic mass is 10.3. The lowest BCUT2D eigenvalue weighted by molar-refractivity contribution is 0.470. The first-order valence-corrected chi connectivity index (χ1v) is 6.67. The van der Waals surface area contributed by atoms with Gasteiger partial charge < -0.3 is 4.90 Å². The van der Waals surface area contributed by atoms with Gasteiger partial charge in [-0.2, -0.15) is 4.68 Å². The molecule has 1 aromatic carbocycles. The van der Waals surface area contributed by atoms with Crippen molar-refractivity contribution < 1.29 is 0 Å². The molecule has 1 aromatic heterocycles. The third kappa shape index (κ3) is 2.76. The SMILES string of the molecule is Clc1ccc(-n2nnnc2C=CN2CCCC2)cc1. The molecule has 0 bridgehead atoms. The Bertz CT molecular complexity index is 569. The van der Waals surface area contributed by atoms with Gasteiger partial charge in [0.1, 0.15) is 0 Å². The highest BCUT2D eigenvalue weighted by molar-refractivity contribution is 6.30. The average Bonchev–Trinajstić information content (AvgIpc) is 3.08. The molecule has 0 spiro atoms. The molecule has 2 aromatic rings. The zero-order valence-corrected chi connectivity index (χ0v) is 11.2. The molecule has 0 amide bonds. The van der Waals surface area contributed by atoms with Crippen molar-refractivity contribution in [1.29, 1.82) is 0 Å². The van der Waals surface area contributed by atoms with Gasteiger partial charge in [0.15, 0.2) is 5.82 Å². The van der Waals surface area contributed by atoms with E-state index in [1.165, 1.54) is 12.8 Å². The number of likely N-dealkylation sites (tertiary alicyclic amines) is 1. The summed E-state index contributed by atoms with van der Waals surface area (Å²) in [5.41, 5.74) is 0.899. The minimum atomic E-state index is 0.700. The molecule has 1 fully saturated rings. The summed E-state index contributed by atoms with van der Waals surface area (Å²) < 4.78 is 1.70. The predicted molar refractivity (Wildman–Crippen MR) is 74.0 cm³/mol. The fraction of sp³-hybridized carbons (Fsp3) is 0.308. The van der Waals surface area contributed by atoms with Crippen molar-refractivity contribution >= 4 is 17.7 Å². The lowest BCUT2D eigenvalue weighted by Gasteiger charge is -2.09. The largest absolute Gasteiger partial charge is 0.377 e. The first-order valence-electron chi connectivity index (χ1n) is 6.29. The molecule has 19 heavy (non-hydrogen) atoms. The average molecular weight is 276 g/mol. The highest BCUT2D eigenvalue weighted by Gasteiger charge is 2.08. The molecule has 0 radical (unpaired) electrons. The van der Waals surface area contributed by atoms with Crippen LogP contribution in [0.5, 0.6) is 0 Å². The van der Waals surface area contributed by atoms with Gasteiger partial charge in [-0.3, -0.25) is 0 Å². The molecule has 1 saturated heterocycles. The zero-order valence-electron chi connectivity index (χ0n) is 10.4. The second kappa shape index (κ2) is 5.40. The van der Waals surface area contributed by atoms with Crippen molar-refractivity contribution in [3.63, 3.8) is 0 Å². The molecule has 1 aliphatic rings. The van der Waals surface area contributed by atoms with Crippen molar-refractivity contribution in [2.45, 2.75) is 12.8 Å². The third-order valence-electron chi connectivity index (χ3n) is 3.14. The Kier molecular flexibility index (Phi) is 3.46. The zero-order chi connectivity index (χ0) is 13.1. The summed E-state index contributed by atoms with van der Waals surface area (Å²) >= 11 is 5.88. The van der Waals surface area contributed by atoms with Crippen molar-refractivity contribution in [3.05, 3.63) is 41.3 Å². The lowest BCUT2D eigenvalue weighted by Crippen LogP contribution is -2.10. The molecule has 0 atom stereocenters. The van der Waals surface area contributed by atoms with Gasteiger partial charge in [-0.1, -0.05) is 11.6 Å². The minimum Gasteiger partial charge on any atom is -0.377 e. The third-order valence-corrected chi connectivity index (χ3v) is 3.39. The van der Waals surface area contributed by atoms with Gasteiger partial charge in [0.2, 0.25) is 0 Å². The van der Waals surface area contributed by atoms with Gasteiger partial charge in [-0.15, -0.1) is 5.10 Å². The Morgan fingerprint density at radius 2 is 1.84 bits per heavy atom. The Hall–Kier alpha value is -1.88. The van der Waals surface area contributed by atoms with Crippen molar-refractivity contribution in [2.75, 3.05) is 13.1 Å². The highest BCUT2D eigenvalue weighted by atomic mass is 35.5. The van der Waals surface area contributed by atoms with E-state index in [9.17, 15) is 0 Å². The van der Waals surface area contributed by atoms with E-state index in [-0.39, 0.29) is 0 Å². The molecule has 0 aliphatic carbocycles. The van der Waals surface area contributed by atoms with Crippen LogP contribution in [0.15, 0.2) is 30.5 Å². The van der Waals surface area contributed by atoms with E-state index in [4.69, 9.17) is 11.6 Å². The number of nitrogens with zero attached hydrogens (tertiary/aromatic N) is 5. The fourth-order valence-corrected chi connectivity index (χ4v) is 2.25. The van der Waals surface area contributed by atoms with Crippen LogP contribution in [0.2, 0.25) is 5.02 Å². The number of hydrogen-bond acceptors (Lipinski definition) is 4. The molecule has 0 N–H and O–H groups in total. The van der Waals surface area contributed by atoms with Crippen LogP contribution >= 0.6 is 11.6 Å². The van der Waals surface area contributed by atoms with Crippen molar-refractivity contribution in [1.82, 2.24) is 25.1 Å². The fourth-order valence-electron chi connectivity index (χ4n) is 2.13. The molecular formula is C13H14ClN5. The van der Waals surface area contributed by atoms with Crippen LogP contribution in [0.25, 0.3) is 11.8 Å². The second-order valence-corrected chi connectivity index (χ2v) is 4.92. The van der Waals surface area contributed by atoms with Crippen LogP contribution < -0.4 is 0 Å². The monoisotopic (exact) mass is 275 g/mol. The van der Waals surface area contributed by atoms with Crippen LogP contribution in [-0.2, 0) is 0 Å². The Morgan fingerprint density at radius 1 is 1.11 bits per heavy atom. The topological polar surface area (TPSA) is 46.8 Å². The van der Waals surface area contributed by atoms with Gasteiger partial charge in [-0.25, -0.2) is 0 Å². The van der Waals surface area contributed by atoms with Gasteiger partial charge in [0, 0.05) is 30.4 Å². The van der Waals surface area contributed by atoms with Crippen LogP contribution in [0, 0.1) is 0 Å². The summed E-state index contributed by atoms with van der Waals surface area (Å²) in [6.45, 7) is 2.22. The molecule has 1 aliphatic heterocycles. The number of halogens is 1. The molecule has 0 saturated carbocycles. The summed E-state index contributed by atoms with van der Waals surface area (Å²) in [6.07, 6.45) is 6.52. The van der Waals surface area contributed by atoms with Gasteiger partial charge >= 0.3 is 0 Å². The Balaban J connectivity index is 1.83.